The van der Waals surface area contributed by atoms with Gasteiger partial charge in [0.15, 0.2) is 5.78 Å². The van der Waals surface area contributed by atoms with Crippen molar-refractivity contribution < 1.29 is 18.3 Å². The van der Waals surface area contributed by atoms with Gasteiger partial charge in [0, 0.05) is 10.5 Å². The van der Waals surface area contributed by atoms with Crippen LogP contribution in [0.5, 0.6) is 5.75 Å². The predicted molar refractivity (Wildman–Crippen MR) is 55.5 cm³/mol. The number of alkyl halides is 2. The van der Waals surface area contributed by atoms with Gasteiger partial charge in [-0.2, -0.15) is 14.0 Å². The Morgan fingerprint density at radius 3 is 2.62 bits per heavy atom. The summed E-state index contributed by atoms with van der Waals surface area (Å²) in [5, 5.41) is 8.70. The molecule has 84 valence electrons. The lowest BCUT2D eigenvalue weighted by Gasteiger charge is -2.09. The van der Waals surface area contributed by atoms with Gasteiger partial charge in [0.2, 0.25) is 0 Å². The van der Waals surface area contributed by atoms with Crippen molar-refractivity contribution in [2.75, 3.05) is 0 Å². The van der Waals surface area contributed by atoms with Gasteiger partial charge in [-0.05, 0) is 28.9 Å². The van der Waals surface area contributed by atoms with E-state index in [0.717, 1.165) is 6.07 Å². The van der Waals surface area contributed by atoms with E-state index >= 15 is 0 Å². The number of ketones is 1. The summed E-state index contributed by atoms with van der Waals surface area (Å²) >= 11 is 3.06. The van der Waals surface area contributed by atoms with Crippen molar-refractivity contribution in [2.24, 2.45) is 0 Å². The van der Waals surface area contributed by atoms with E-state index in [1.54, 1.807) is 6.07 Å². The van der Waals surface area contributed by atoms with Crippen molar-refractivity contribution in [1.29, 1.82) is 5.26 Å². The molecule has 6 heteroatoms. The molecule has 0 aromatic heterocycles. The number of hydrogen-bond acceptors (Lipinski definition) is 3. The van der Waals surface area contributed by atoms with Crippen LogP contribution < -0.4 is 4.74 Å². The zero-order valence-electron chi connectivity index (χ0n) is 8.13. The highest BCUT2D eigenvalue weighted by molar-refractivity contribution is 9.10. The Balaban J connectivity index is 3.32. The van der Waals surface area contributed by atoms with Gasteiger partial charge in [0.05, 0.1) is 11.1 Å². The smallest absolute Gasteiger partial charge is 0.387 e. The van der Waals surface area contributed by atoms with Crippen LogP contribution in [0.2, 0.25) is 0 Å². The van der Waals surface area contributed by atoms with Crippen molar-refractivity contribution in [3.63, 3.8) is 0 Å². The van der Waals surface area contributed by atoms with Crippen LogP contribution in [0.15, 0.2) is 16.6 Å². The van der Waals surface area contributed by atoms with Crippen LogP contribution in [0.1, 0.15) is 22.8 Å². The molecule has 0 aliphatic rings. The Hall–Kier alpha value is -1.48. The number of halogens is 3. The van der Waals surface area contributed by atoms with Crippen LogP contribution >= 0.6 is 15.9 Å². The molecule has 0 saturated carbocycles. The lowest BCUT2D eigenvalue weighted by molar-refractivity contribution is -0.0501. The van der Waals surface area contributed by atoms with Gasteiger partial charge >= 0.3 is 6.61 Å². The molecule has 0 amide bonds. The summed E-state index contributed by atoms with van der Waals surface area (Å²) in [5.41, 5.74) is 0.131. The Morgan fingerprint density at radius 2 is 2.19 bits per heavy atom. The molecule has 1 aromatic rings. The third kappa shape index (κ3) is 2.76. The maximum atomic E-state index is 12.1. The van der Waals surface area contributed by atoms with E-state index in [2.05, 4.69) is 20.7 Å². The molecule has 0 bridgehead atoms. The van der Waals surface area contributed by atoms with Gasteiger partial charge in [0.25, 0.3) is 0 Å². The van der Waals surface area contributed by atoms with E-state index in [4.69, 9.17) is 5.26 Å². The largest absolute Gasteiger partial charge is 0.434 e. The molecule has 0 saturated heterocycles. The highest BCUT2D eigenvalue weighted by Gasteiger charge is 2.16. The molecule has 1 aromatic carbocycles. The van der Waals surface area contributed by atoms with Gasteiger partial charge in [-0.3, -0.25) is 4.79 Å². The first-order chi connectivity index (χ1) is 7.45. The monoisotopic (exact) mass is 289 g/mol. The molecular weight excluding hydrogens is 284 g/mol. The summed E-state index contributed by atoms with van der Waals surface area (Å²) in [7, 11) is 0. The van der Waals surface area contributed by atoms with Crippen LogP contribution in [-0.4, -0.2) is 12.4 Å². The third-order valence-corrected chi connectivity index (χ3v) is 2.44. The molecule has 3 nitrogen and oxygen atoms in total. The summed E-state index contributed by atoms with van der Waals surface area (Å²) in [5.74, 6) is -0.705. The Bertz CT molecular complexity index is 469. The summed E-state index contributed by atoms with van der Waals surface area (Å²) in [6.45, 7) is -1.81. The van der Waals surface area contributed by atoms with E-state index in [1.807, 2.05) is 0 Å². The molecule has 0 spiro atoms. The number of benzene rings is 1. The maximum absolute atomic E-state index is 12.1. The quantitative estimate of drug-likeness (QED) is 0.804. The van der Waals surface area contributed by atoms with Gasteiger partial charge in [-0.15, -0.1) is 0 Å². The molecule has 0 radical (unpaired) electrons. The number of rotatable bonds is 3. The summed E-state index contributed by atoms with van der Waals surface area (Å²) in [6, 6.07) is 4.19. The molecule has 16 heavy (non-hydrogen) atoms. The van der Waals surface area contributed by atoms with E-state index < -0.39 is 12.4 Å². The standard InChI is InChI=1S/C10H6BrF2NO2/c1-5(15)7-3-8(11)6(4-14)2-9(7)16-10(12)13/h2-3,10H,1H3. The summed E-state index contributed by atoms with van der Waals surface area (Å²) in [4.78, 5) is 11.2. The Morgan fingerprint density at radius 1 is 1.56 bits per heavy atom. The molecule has 1 rings (SSSR count). The minimum Gasteiger partial charge on any atom is -0.434 e. The number of carbonyl (C=O) groups is 1. The fourth-order valence-electron chi connectivity index (χ4n) is 1.11. The van der Waals surface area contributed by atoms with Crippen LogP contribution in [0, 0.1) is 11.3 Å². The lowest BCUT2D eigenvalue weighted by atomic mass is 10.1. The first kappa shape index (κ1) is 12.6. The second kappa shape index (κ2) is 5.03. The number of nitriles is 1. The average molecular weight is 290 g/mol. The molecule has 0 aliphatic carbocycles. The second-order valence-corrected chi connectivity index (χ2v) is 3.73. The van der Waals surface area contributed by atoms with E-state index in [0.29, 0.717) is 4.47 Å². The SMILES string of the molecule is CC(=O)c1cc(Br)c(C#N)cc1OC(F)F. The topological polar surface area (TPSA) is 50.1 Å². The molecule has 0 unspecified atom stereocenters. The average Bonchev–Trinajstić information content (AvgIpc) is 2.19. The highest BCUT2D eigenvalue weighted by atomic mass is 79.9. The van der Waals surface area contributed by atoms with Crippen LogP contribution in [-0.2, 0) is 0 Å². The van der Waals surface area contributed by atoms with E-state index in [-0.39, 0.29) is 16.9 Å². The number of Topliss-reactive ketones (excluding diaryl/α,β-unsaturated/α-hetero) is 1. The highest BCUT2D eigenvalue weighted by Crippen LogP contribution is 2.28. The number of ether oxygens (including phenoxy) is 1. The molecule has 0 N–H and O–H groups in total. The molecule has 0 atom stereocenters. The first-order valence-corrected chi connectivity index (χ1v) is 4.94. The minimum absolute atomic E-state index is 0.00572. The van der Waals surface area contributed by atoms with Crippen molar-refractivity contribution >= 4 is 21.7 Å². The third-order valence-electron chi connectivity index (χ3n) is 1.79. The van der Waals surface area contributed by atoms with Crippen LogP contribution in [0.25, 0.3) is 0 Å². The fourth-order valence-corrected chi connectivity index (χ4v) is 1.54. The van der Waals surface area contributed by atoms with Crippen LogP contribution in [0.4, 0.5) is 8.78 Å². The Kier molecular flexibility index (Phi) is 3.96. The number of carbonyl (C=O) groups excluding carboxylic acids is 1. The summed E-state index contributed by atoms with van der Waals surface area (Å²) < 4.78 is 28.7. The Labute approximate surface area is 98.8 Å². The molecule has 0 fully saturated rings. The van der Waals surface area contributed by atoms with Crippen molar-refractivity contribution in [2.45, 2.75) is 13.5 Å². The first-order valence-electron chi connectivity index (χ1n) is 4.15. The van der Waals surface area contributed by atoms with Crippen LogP contribution in [0.3, 0.4) is 0 Å². The van der Waals surface area contributed by atoms with E-state index in [9.17, 15) is 13.6 Å². The summed E-state index contributed by atoms with van der Waals surface area (Å²) in [6.07, 6.45) is 0. The van der Waals surface area contributed by atoms with Gasteiger partial charge in [-0.25, -0.2) is 0 Å². The normalized spacial score (nSPS) is 10.0. The molecular formula is C10H6BrF2NO2. The minimum atomic E-state index is -3.04. The zero-order valence-corrected chi connectivity index (χ0v) is 9.72. The number of hydrogen-bond donors (Lipinski definition) is 0. The van der Waals surface area contributed by atoms with E-state index in [1.165, 1.54) is 13.0 Å². The second-order valence-electron chi connectivity index (χ2n) is 2.87. The van der Waals surface area contributed by atoms with Gasteiger partial charge < -0.3 is 4.74 Å². The van der Waals surface area contributed by atoms with Crippen molar-refractivity contribution in [1.82, 2.24) is 0 Å². The van der Waals surface area contributed by atoms with Crippen molar-refractivity contribution in [3.8, 4) is 11.8 Å². The zero-order chi connectivity index (χ0) is 12.3. The number of nitrogens with zero attached hydrogens (tertiary/aromatic N) is 1. The molecule has 0 heterocycles. The maximum Gasteiger partial charge on any atom is 0.387 e. The fraction of sp³-hybridized carbons (Fsp3) is 0.200. The van der Waals surface area contributed by atoms with Gasteiger partial charge in [-0.1, -0.05) is 0 Å². The van der Waals surface area contributed by atoms with Gasteiger partial charge in [0.1, 0.15) is 11.8 Å². The lowest BCUT2D eigenvalue weighted by Crippen LogP contribution is -2.07. The van der Waals surface area contributed by atoms with Crippen molar-refractivity contribution in [3.05, 3.63) is 27.7 Å². The molecule has 0 aliphatic heterocycles. The predicted octanol–water partition coefficient (Wildman–Crippen LogP) is 3.12.